The summed E-state index contributed by atoms with van der Waals surface area (Å²) in [5.74, 6) is -0.0572. The summed E-state index contributed by atoms with van der Waals surface area (Å²) in [4.78, 5) is 42.2. The fourth-order valence-corrected chi connectivity index (χ4v) is 4.27. The smallest absolute Gasteiger partial charge is 0.408 e. The summed E-state index contributed by atoms with van der Waals surface area (Å²) in [7, 11) is 0. The van der Waals surface area contributed by atoms with Gasteiger partial charge < -0.3 is 20.3 Å². The van der Waals surface area contributed by atoms with E-state index in [9.17, 15) is 14.4 Å². The fraction of sp³-hybridized carbons (Fsp3) is 0.621. The van der Waals surface area contributed by atoms with Crippen molar-refractivity contribution in [3.05, 3.63) is 42.0 Å². The second kappa shape index (κ2) is 12.9. The van der Waals surface area contributed by atoms with Gasteiger partial charge in [-0.3, -0.25) is 9.59 Å². The second-order valence-electron chi connectivity index (χ2n) is 11.3. The minimum Gasteiger partial charge on any atom is -0.444 e. The molecular weight excluding hydrogens is 454 g/mol. The SMILES string of the molecule is C=Cc1cccc(C(C(=O)NCCCC)N(C(=O)C(CC(C)C)NC(=O)OC(C)(C)C)C2CC2C)c1. The highest BCUT2D eigenvalue weighted by Crippen LogP contribution is 2.41. The molecule has 0 saturated heterocycles. The third-order valence-corrected chi connectivity index (χ3v) is 6.19. The zero-order chi connectivity index (χ0) is 27.0. The van der Waals surface area contributed by atoms with Gasteiger partial charge in [-0.25, -0.2) is 4.79 Å². The molecule has 0 spiro atoms. The van der Waals surface area contributed by atoms with Crippen molar-refractivity contribution in [3.8, 4) is 0 Å². The van der Waals surface area contributed by atoms with Gasteiger partial charge in [-0.15, -0.1) is 0 Å². The van der Waals surface area contributed by atoms with Crippen LogP contribution in [0.4, 0.5) is 4.79 Å². The van der Waals surface area contributed by atoms with E-state index >= 15 is 0 Å². The molecule has 1 aromatic rings. The standard InChI is InChI=1S/C29H45N3O4/c1-9-11-15-30-26(33)25(22-14-12-13-21(10-2)18-22)32(24-17-20(24)5)27(34)23(16-19(3)4)31-28(35)36-29(6,7)8/h10,12-14,18-20,23-25H,2,9,11,15-17H2,1,3-8H3,(H,30,33)(H,31,35). The summed E-state index contributed by atoms with van der Waals surface area (Å²) in [5, 5.41) is 5.84. The maximum atomic E-state index is 14.2. The second-order valence-corrected chi connectivity index (χ2v) is 11.3. The minimum atomic E-state index is -0.806. The van der Waals surface area contributed by atoms with Gasteiger partial charge >= 0.3 is 6.09 Å². The van der Waals surface area contributed by atoms with Crippen LogP contribution in [0, 0.1) is 11.8 Å². The van der Waals surface area contributed by atoms with E-state index in [1.54, 1.807) is 31.7 Å². The van der Waals surface area contributed by atoms with Gasteiger partial charge in [0.05, 0.1) is 0 Å². The third kappa shape index (κ3) is 8.68. The average molecular weight is 500 g/mol. The Balaban J connectivity index is 2.48. The van der Waals surface area contributed by atoms with Crippen molar-refractivity contribution < 1.29 is 19.1 Å². The van der Waals surface area contributed by atoms with Crippen LogP contribution in [0.1, 0.15) is 91.3 Å². The maximum absolute atomic E-state index is 14.2. The van der Waals surface area contributed by atoms with Gasteiger partial charge in [-0.05, 0) is 69.1 Å². The molecule has 0 aromatic heterocycles. The van der Waals surface area contributed by atoms with E-state index in [4.69, 9.17) is 4.74 Å². The number of nitrogens with one attached hydrogen (secondary N) is 2. The highest BCUT2D eigenvalue weighted by molar-refractivity contribution is 5.92. The molecule has 200 valence electrons. The lowest BCUT2D eigenvalue weighted by Crippen LogP contribution is -2.54. The Bertz CT molecular complexity index is 921. The van der Waals surface area contributed by atoms with Gasteiger partial charge in [0.2, 0.25) is 11.8 Å². The summed E-state index contributed by atoms with van der Waals surface area (Å²) in [6, 6.07) is 5.89. The third-order valence-electron chi connectivity index (χ3n) is 6.19. The number of amides is 3. The molecule has 0 radical (unpaired) electrons. The van der Waals surface area contributed by atoms with E-state index < -0.39 is 23.8 Å². The molecule has 1 aliphatic rings. The maximum Gasteiger partial charge on any atom is 0.408 e. The predicted octanol–water partition coefficient (Wildman–Crippen LogP) is 5.46. The zero-order valence-electron chi connectivity index (χ0n) is 23.1. The quantitative estimate of drug-likeness (QED) is 0.374. The first kappa shape index (κ1) is 29.4. The van der Waals surface area contributed by atoms with E-state index in [0.29, 0.717) is 13.0 Å². The van der Waals surface area contributed by atoms with Crippen LogP contribution in [0.25, 0.3) is 6.08 Å². The lowest BCUT2D eigenvalue weighted by molar-refractivity contribution is -0.143. The molecule has 2 rings (SSSR count). The van der Waals surface area contributed by atoms with Gasteiger partial charge in [-0.1, -0.05) is 65.0 Å². The van der Waals surface area contributed by atoms with Crippen LogP contribution in [0.15, 0.2) is 30.8 Å². The van der Waals surface area contributed by atoms with Crippen molar-refractivity contribution in [1.82, 2.24) is 15.5 Å². The molecule has 1 saturated carbocycles. The number of rotatable bonds is 12. The van der Waals surface area contributed by atoms with Gasteiger partial charge in [0.25, 0.3) is 0 Å². The highest BCUT2D eigenvalue weighted by atomic mass is 16.6. The first-order valence-corrected chi connectivity index (χ1v) is 13.2. The summed E-state index contributed by atoms with van der Waals surface area (Å²) in [6.07, 6.45) is 4.15. The van der Waals surface area contributed by atoms with Crippen molar-refractivity contribution in [1.29, 1.82) is 0 Å². The molecule has 0 heterocycles. The lowest BCUT2D eigenvalue weighted by Gasteiger charge is -2.35. The molecule has 3 amide bonds. The van der Waals surface area contributed by atoms with E-state index in [-0.39, 0.29) is 29.7 Å². The average Bonchev–Trinajstić information content (AvgIpc) is 3.50. The van der Waals surface area contributed by atoms with Crippen molar-refractivity contribution in [3.63, 3.8) is 0 Å². The van der Waals surface area contributed by atoms with Crippen LogP contribution in [0.3, 0.4) is 0 Å². The zero-order valence-corrected chi connectivity index (χ0v) is 23.1. The predicted molar refractivity (Wildman–Crippen MR) is 144 cm³/mol. The highest BCUT2D eigenvalue weighted by Gasteiger charge is 2.48. The Morgan fingerprint density at radius 1 is 1.25 bits per heavy atom. The number of unbranched alkanes of at least 4 members (excludes halogenated alkanes) is 1. The normalized spacial score (nSPS) is 18.7. The molecule has 1 aliphatic carbocycles. The van der Waals surface area contributed by atoms with E-state index in [2.05, 4.69) is 31.1 Å². The Morgan fingerprint density at radius 3 is 2.44 bits per heavy atom. The monoisotopic (exact) mass is 499 g/mol. The topological polar surface area (TPSA) is 87.7 Å². The summed E-state index contributed by atoms with van der Waals surface area (Å²) >= 11 is 0. The number of alkyl carbamates (subject to hydrolysis) is 1. The van der Waals surface area contributed by atoms with Crippen LogP contribution in [-0.4, -0.2) is 47.0 Å². The molecule has 7 heteroatoms. The molecule has 1 aromatic carbocycles. The van der Waals surface area contributed by atoms with Crippen LogP contribution in [0.2, 0.25) is 0 Å². The molecule has 4 unspecified atom stereocenters. The van der Waals surface area contributed by atoms with Gasteiger partial charge in [0, 0.05) is 12.6 Å². The minimum absolute atomic E-state index is 0.0816. The van der Waals surface area contributed by atoms with Crippen molar-refractivity contribution in [2.24, 2.45) is 11.8 Å². The van der Waals surface area contributed by atoms with Crippen molar-refractivity contribution in [2.75, 3.05) is 6.54 Å². The summed E-state index contributed by atoms with van der Waals surface area (Å²) < 4.78 is 5.45. The van der Waals surface area contributed by atoms with E-state index in [1.165, 1.54) is 0 Å². The molecular formula is C29H45N3O4. The van der Waals surface area contributed by atoms with Crippen LogP contribution in [0.5, 0.6) is 0 Å². The number of carbonyl (C=O) groups excluding carboxylic acids is 3. The first-order chi connectivity index (χ1) is 16.9. The Labute approximate surface area is 217 Å². The number of hydrogen-bond donors (Lipinski definition) is 2. The molecule has 1 fully saturated rings. The first-order valence-electron chi connectivity index (χ1n) is 13.2. The Morgan fingerprint density at radius 2 is 1.92 bits per heavy atom. The number of nitrogens with zero attached hydrogens (tertiary/aromatic N) is 1. The molecule has 2 N–H and O–H groups in total. The van der Waals surface area contributed by atoms with E-state index in [0.717, 1.165) is 30.4 Å². The van der Waals surface area contributed by atoms with Crippen molar-refractivity contribution >= 4 is 24.0 Å². The summed E-state index contributed by atoms with van der Waals surface area (Å²) in [6.45, 7) is 17.9. The van der Waals surface area contributed by atoms with Crippen molar-refractivity contribution in [2.45, 2.75) is 97.9 Å². The van der Waals surface area contributed by atoms with Gasteiger partial charge in [0.15, 0.2) is 0 Å². The molecule has 7 nitrogen and oxygen atoms in total. The number of benzene rings is 1. The number of ether oxygens (including phenoxy) is 1. The fourth-order valence-electron chi connectivity index (χ4n) is 4.27. The largest absolute Gasteiger partial charge is 0.444 e. The van der Waals surface area contributed by atoms with Crippen LogP contribution >= 0.6 is 0 Å². The van der Waals surface area contributed by atoms with Gasteiger partial charge in [0.1, 0.15) is 17.7 Å². The van der Waals surface area contributed by atoms with Crippen LogP contribution < -0.4 is 10.6 Å². The Hall–Kier alpha value is -2.83. The lowest BCUT2D eigenvalue weighted by atomic mass is 9.97. The molecule has 0 bridgehead atoms. The summed E-state index contributed by atoms with van der Waals surface area (Å²) in [5.41, 5.74) is 0.919. The Kier molecular flexibility index (Phi) is 10.6. The number of hydrogen-bond acceptors (Lipinski definition) is 4. The molecule has 4 atom stereocenters. The van der Waals surface area contributed by atoms with Gasteiger partial charge in [-0.2, -0.15) is 0 Å². The molecule has 36 heavy (non-hydrogen) atoms. The number of carbonyl (C=O) groups is 3. The van der Waals surface area contributed by atoms with Crippen LogP contribution in [-0.2, 0) is 14.3 Å². The van der Waals surface area contributed by atoms with E-state index in [1.807, 2.05) is 38.1 Å². The molecule has 0 aliphatic heterocycles.